The molecule has 2 aliphatic rings. The minimum atomic E-state index is -1.50. The van der Waals surface area contributed by atoms with Crippen molar-refractivity contribution in [3.63, 3.8) is 0 Å². The lowest BCUT2D eigenvalue weighted by atomic mass is 9.95. The van der Waals surface area contributed by atoms with E-state index < -0.39 is 36.6 Å². The van der Waals surface area contributed by atoms with E-state index in [1.54, 1.807) is 6.92 Å². The van der Waals surface area contributed by atoms with Gasteiger partial charge in [0.25, 0.3) is 5.91 Å². The first-order valence-electron chi connectivity index (χ1n) is 11.9. The highest BCUT2D eigenvalue weighted by Gasteiger charge is 2.44. The quantitative estimate of drug-likeness (QED) is 0.366. The van der Waals surface area contributed by atoms with Crippen molar-refractivity contribution in [2.75, 3.05) is 38.1 Å². The van der Waals surface area contributed by atoms with E-state index in [0.717, 1.165) is 37.0 Å². The molecule has 0 spiro atoms. The van der Waals surface area contributed by atoms with Crippen LogP contribution >= 0.6 is 0 Å². The molecule has 5 atom stereocenters. The minimum Gasteiger partial charge on any atom is -0.388 e. The van der Waals surface area contributed by atoms with Crippen LogP contribution in [0.15, 0.2) is 42.0 Å². The number of aliphatic hydroxyl groups is 3. The van der Waals surface area contributed by atoms with E-state index in [2.05, 4.69) is 34.3 Å². The van der Waals surface area contributed by atoms with Crippen molar-refractivity contribution in [1.82, 2.24) is 10.2 Å². The second kappa shape index (κ2) is 10.7. The Bertz CT molecular complexity index is 1140. The van der Waals surface area contributed by atoms with Gasteiger partial charge in [-0.25, -0.2) is 0 Å². The monoisotopic (exact) mass is 480 g/mol. The molecule has 4 N–H and O–H groups in total. The minimum absolute atomic E-state index is 0.190. The lowest BCUT2D eigenvalue weighted by Crippen LogP contribution is -2.63. The first-order valence-corrected chi connectivity index (χ1v) is 11.9. The number of hydrogen-bond donors (Lipinski definition) is 4. The zero-order valence-electron chi connectivity index (χ0n) is 20.0. The van der Waals surface area contributed by atoms with Gasteiger partial charge in [-0.05, 0) is 54.1 Å². The largest absolute Gasteiger partial charge is 0.388 e. The highest BCUT2D eigenvalue weighted by Crippen LogP contribution is 2.25. The fourth-order valence-electron chi connectivity index (χ4n) is 4.59. The molecule has 2 aromatic carbocycles. The Balaban J connectivity index is 1.49. The Hall–Kier alpha value is -3.00. The van der Waals surface area contributed by atoms with Crippen LogP contribution in [0.1, 0.15) is 18.9 Å². The summed E-state index contributed by atoms with van der Waals surface area (Å²) in [7, 11) is 2.13. The number of ether oxygens (including phenoxy) is 1. The number of likely N-dealkylation sites (N-methyl/N-ethyl adjacent to an activating group) is 1. The lowest BCUT2D eigenvalue weighted by molar-refractivity contribution is -0.247. The molecule has 2 aliphatic heterocycles. The van der Waals surface area contributed by atoms with Crippen LogP contribution in [0, 0.1) is 11.3 Å². The number of amides is 1. The van der Waals surface area contributed by atoms with Gasteiger partial charge in [0.05, 0.1) is 6.10 Å². The number of hydrogen-bond acceptors (Lipinski definition) is 8. The molecule has 2 saturated heterocycles. The van der Waals surface area contributed by atoms with Gasteiger partial charge in [-0.2, -0.15) is 5.26 Å². The molecule has 2 fully saturated rings. The van der Waals surface area contributed by atoms with Crippen LogP contribution in [-0.4, -0.2) is 90.0 Å². The maximum atomic E-state index is 12.7. The van der Waals surface area contributed by atoms with Crippen molar-refractivity contribution in [2.45, 2.75) is 44.0 Å². The summed E-state index contributed by atoms with van der Waals surface area (Å²) in [6, 6.07) is 12.6. The van der Waals surface area contributed by atoms with Gasteiger partial charge in [-0.1, -0.05) is 25.1 Å². The number of rotatable bonds is 5. The number of carbonyl (C=O) groups excluding carboxylic acids is 1. The molecule has 0 radical (unpaired) electrons. The highest BCUT2D eigenvalue weighted by molar-refractivity contribution is 6.02. The molecule has 0 saturated carbocycles. The van der Waals surface area contributed by atoms with Crippen molar-refractivity contribution in [1.29, 1.82) is 5.26 Å². The molecule has 186 valence electrons. The van der Waals surface area contributed by atoms with Crippen molar-refractivity contribution >= 4 is 28.4 Å². The van der Waals surface area contributed by atoms with Crippen molar-refractivity contribution in [3.05, 3.63) is 47.5 Å². The molecule has 9 nitrogen and oxygen atoms in total. The normalized spacial score (nSPS) is 28.1. The number of carbonyl (C=O) groups is 1. The molecule has 2 aromatic rings. The van der Waals surface area contributed by atoms with Crippen LogP contribution in [0.25, 0.3) is 16.8 Å². The number of anilines is 1. The van der Waals surface area contributed by atoms with Crippen LogP contribution in [0.4, 0.5) is 5.69 Å². The van der Waals surface area contributed by atoms with Crippen LogP contribution in [0.5, 0.6) is 0 Å². The summed E-state index contributed by atoms with van der Waals surface area (Å²) in [6.45, 7) is 5.77. The number of benzene rings is 2. The van der Waals surface area contributed by atoms with Gasteiger partial charge in [0.2, 0.25) is 0 Å². The molecular weight excluding hydrogens is 448 g/mol. The summed E-state index contributed by atoms with van der Waals surface area (Å²) in [5.41, 5.74) is 1.65. The molecule has 4 rings (SSSR count). The molecule has 1 amide bonds. The third-order valence-corrected chi connectivity index (χ3v) is 6.81. The average Bonchev–Trinajstić information content (AvgIpc) is 2.87. The molecule has 1 unspecified atom stereocenters. The highest BCUT2D eigenvalue weighted by atomic mass is 16.6. The van der Waals surface area contributed by atoms with E-state index in [9.17, 15) is 25.4 Å². The Morgan fingerprint density at radius 3 is 2.49 bits per heavy atom. The van der Waals surface area contributed by atoms with E-state index in [0.29, 0.717) is 12.0 Å². The molecule has 0 aromatic heterocycles. The molecule has 9 heteroatoms. The third kappa shape index (κ3) is 5.48. The summed E-state index contributed by atoms with van der Waals surface area (Å²) >= 11 is 0. The topological polar surface area (TPSA) is 129 Å². The fourth-order valence-corrected chi connectivity index (χ4v) is 4.59. The number of nitrogens with one attached hydrogen (secondary N) is 1. The molecular formula is C26H32N4O5. The number of fused-ring (bicyclic) bond motifs is 1. The Morgan fingerprint density at radius 2 is 1.80 bits per heavy atom. The fraction of sp³-hybridized carbons (Fsp3) is 0.462. The van der Waals surface area contributed by atoms with E-state index in [4.69, 9.17) is 4.74 Å². The van der Waals surface area contributed by atoms with Gasteiger partial charge in [0.1, 0.15) is 29.9 Å². The van der Waals surface area contributed by atoms with Crippen LogP contribution in [-0.2, 0) is 9.53 Å². The molecule has 0 aliphatic carbocycles. The second-order valence-electron chi connectivity index (χ2n) is 9.20. The zero-order valence-corrected chi connectivity index (χ0v) is 20.0. The second-order valence-corrected chi connectivity index (χ2v) is 9.20. The van der Waals surface area contributed by atoms with Gasteiger partial charge in [0, 0.05) is 31.9 Å². The summed E-state index contributed by atoms with van der Waals surface area (Å²) in [4.78, 5) is 17.4. The Kier molecular flexibility index (Phi) is 7.69. The summed E-state index contributed by atoms with van der Waals surface area (Å²) in [5, 5.41) is 44.7. The van der Waals surface area contributed by atoms with Gasteiger partial charge >= 0.3 is 0 Å². The number of nitriles is 1. The molecule has 0 bridgehead atoms. The maximum Gasteiger partial charge on any atom is 0.262 e. The summed E-state index contributed by atoms with van der Waals surface area (Å²) in [5.74, 6) is -0.771. The van der Waals surface area contributed by atoms with Gasteiger partial charge in [-0.15, -0.1) is 0 Å². The average molecular weight is 481 g/mol. The number of nitrogens with zero attached hydrogens (tertiary/aromatic N) is 3. The zero-order chi connectivity index (χ0) is 25.1. The van der Waals surface area contributed by atoms with Gasteiger partial charge in [-0.3, -0.25) is 4.79 Å². The van der Waals surface area contributed by atoms with Gasteiger partial charge < -0.3 is 35.2 Å². The first-order chi connectivity index (χ1) is 16.8. The third-order valence-electron chi connectivity index (χ3n) is 6.81. The standard InChI is InChI=1S/C26H32N4O5/c1-3-21-23(31)24(32)22(26(34)35-21)28-25(33)19(15-27)13-16-4-5-18-14-20(7-6-17(18)12-16)30-10-8-29(2)9-11-30/h4-7,12-14,21-24,26,31-32,34H,3,8-11H2,1-2H3,(H,28,33)/b19-13+/t21-,22-,23-,24-,26?/m1/s1. The van der Waals surface area contributed by atoms with E-state index >= 15 is 0 Å². The smallest absolute Gasteiger partial charge is 0.262 e. The summed E-state index contributed by atoms with van der Waals surface area (Å²) < 4.78 is 5.29. The Labute approximate surface area is 204 Å². The van der Waals surface area contributed by atoms with Gasteiger partial charge in [0.15, 0.2) is 6.29 Å². The predicted molar refractivity (Wildman–Crippen MR) is 132 cm³/mol. The van der Waals surface area contributed by atoms with Crippen molar-refractivity contribution in [2.24, 2.45) is 0 Å². The van der Waals surface area contributed by atoms with Crippen LogP contribution < -0.4 is 10.2 Å². The number of piperazine rings is 1. The summed E-state index contributed by atoms with van der Waals surface area (Å²) in [6.07, 6.45) is -3.09. The van der Waals surface area contributed by atoms with E-state index in [1.165, 1.54) is 11.8 Å². The Morgan fingerprint density at radius 1 is 1.11 bits per heavy atom. The van der Waals surface area contributed by atoms with E-state index in [1.807, 2.05) is 30.3 Å². The van der Waals surface area contributed by atoms with Crippen LogP contribution in [0.3, 0.4) is 0 Å². The maximum absolute atomic E-state index is 12.7. The van der Waals surface area contributed by atoms with Crippen LogP contribution in [0.2, 0.25) is 0 Å². The number of aliphatic hydroxyl groups excluding tert-OH is 3. The lowest BCUT2D eigenvalue weighted by Gasteiger charge is -2.40. The molecule has 2 heterocycles. The predicted octanol–water partition coefficient (Wildman–Crippen LogP) is 0.832. The SMILES string of the molecule is CC[C@H]1OC(O)[C@H](NC(=O)/C(C#N)=C/c2ccc3cc(N4CCN(C)CC4)ccc3c2)[C@@H](O)[C@@H]1O. The molecule has 35 heavy (non-hydrogen) atoms. The first kappa shape index (κ1) is 25.1. The van der Waals surface area contributed by atoms with Crippen molar-refractivity contribution < 1.29 is 24.9 Å². The van der Waals surface area contributed by atoms with E-state index in [-0.39, 0.29) is 5.57 Å². The van der Waals surface area contributed by atoms with Crippen molar-refractivity contribution in [3.8, 4) is 6.07 Å².